The quantitative estimate of drug-likeness (QED) is 0.756. The maximum absolute atomic E-state index is 6.15. The summed E-state index contributed by atoms with van der Waals surface area (Å²) in [5.41, 5.74) is 0.890. The van der Waals surface area contributed by atoms with E-state index in [1.165, 1.54) is 0 Å². The first-order valence-corrected chi connectivity index (χ1v) is 8.06. The number of rotatable bonds is 9. The molecule has 1 N–H and O–H groups in total. The minimum Gasteiger partial charge on any atom is -0.493 e. The molecule has 1 heterocycles. The highest BCUT2D eigenvalue weighted by Gasteiger charge is 2.14. The molecule has 0 bridgehead atoms. The highest BCUT2D eigenvalue weighted by atomic mass is 35.5. The maximum Gasteiger partial charge on any atom is 0.243 e. The highest BCUT2D eigenvalue weighted by Crippen LogP contribution is 2.35. The van der Waals surface area contributed by atoms with Crippen LogP contribution in [0.3, 0.4) is 0 Å². The van der Waals surface area contributed by atoms with Gasteiger partial charge in [-0.1, -0.05) is 30.0 Å². The molecular formula is C15H22ClN5O2. The summed E-state index contributed by atoms with van der Waals surface area (Å²) in [6.07, 6.45) is 2.11. The lowest BCUT2D eigenvalue weighted by Gasteiger charge is -2.15. The number of unbranched alkanes of at least 4 members (excludes halogenated alkanes) is 1. The molecule has 1 aromatic heterocycles. The molecule has 1 aromatic carbocycles. The van der Waals surface area contributed by atoms with Crippen molar-refractivity contribution in [3.63, 3.8) is 0 Å². The summed E-state index contributed by atoms with van der Waals surface area (Å²) >= 11 is 6.15. The number of anilines is 1. The number of tetrazole rings is 1. The van der Waals surface area contributed by atoms with E-state index in [4.69, 9.17) is 21.1 Å². The Bertz CT molecular complexity index is 632. The lowest BCUT2D eigenvalue weighted by atomic mass is 10.2. The number of hydrogen-bond acceptors (Lipinski definition) is 6. The van der Waals surface area contributed by atoms with Gasteiger partial charge in [0.05, 0.1) is 13.7 Å². The van der Waals surface area contributed by atoms with Gasteiger partial charge in [-0.25, -0.2) is 4.68 Å². The lowest BCUT2D eigenvalue weighted by Crippen LogP contribution is -2.10. The van der Waals surface area contributed by atoms with Crippen molar-refractivity contribution in [3.05, 3.63) is 22.7 Å². The Morgan fingerprint density at radius 1 is 1.30 bits per heavy atom. The van der Waals surface area contributed by atoms with E-state index in [-0.39, 0.29) is 0 Å². The van der Waals surface area contributed by atoms with Gasteiger partial charge in [0.15, 0.2) is 11.5 Å². The third-order valence-electron chi connectivity index (χ3n) is 3.30. The molecule has 2 rings (SSSR count). The second-order valence-electron chi connectivity index (χ2n) is 4.96. The van der Waals surface area contributed by atoms with E-state index in [0.717, 1.165) is 24.9 Å². The Morgan fingerprint density at radius 2 is 2.13 bits per heavy atom. The number of nitrogens with zero attached hydrogens (tertiary/aromatic N) is 4. The van der Waals surface area contributed by atoms with Crippen molar-refractivity contribution >= 4 is 17.5 Å². The van der Waals surface area contributed by atoms with E-state index < -0.39 is 0 Å². The van der Waals surface area contributed by atoms with Gasteiger partial charge in [-0.05, 0) is 29.8 Å². The summed E-state index contributed by atoms with van der Waals surface area (Å²) in [7, 11) is 1.59. The summed E-state index contributed by atoms with van der Waals surface area (Å²) in [5, 5.41) is 15.5. The summed E-state index contributed by atoms with van der Waals surface area (Å²) in [4.78, 5) is 0. The van der Waals surface area contributed by atoms with Crippen LogP contribution in [0.1, 0.15) is 32.3 Å². The van der Waals surface area contributed by atoms with Gasteiger partial charge in [0, 0.05) is 29.7 Å². The van der Waals surface area contributed by atoms with Crippen LogP contribution in [0.4, 0.5) is 5.95 Å². The van der Waals surface area contributed by atoms with Crippen LogP contribution in [0.2, 0.25) is 5.02 Å². The van der Waals surface area contributed by atoms with Crippen molar-refractivity contribution < 1.29 is 9.47 Å². The predicted octanol–water partition coefficient (Wildman–Crippen LogP) is 3.15. The fraction of sp³-hybridized carbons (Fsp3) is 0.533. The molecule has 0 amide bonds. The number of methoxy groups -OCH3 is 1. The van der Waals surface area contributed by atoms with E-state index in [0.29, 0.717) is 35.6 Å². The summed E-state index contributed by atoms with van der Waals surface area (Å²) in [5.74, 6) is 1.92. The first kappa shape index (κ1) is 17.3. The van der Waals surface area contributed by atoms with Crippen molar-refractivity contribution in [1.29, 1.82) is 0 Å². The van der Waals surface area contributed by atoms with Gasteiger partial charge in [0.1, 0.15) is 0 Å². The van der Waals surface area contributed by atoms with Crippen LogP contribution in [0, 0.1) is 0 Å². The Balaban J connectivity index is 2.16. The van der Waals surface area contributed by atoms with E-state index in [1.54, 1.807) is 17.9 Å². The van der Waals surface area contributed by atoms with E-state index in [2.05, 4.69) is 27.8 Å². The van der Waals surface area contributed by atoms with Crippen molar-refractivity contribution in [2.75, 3.05) is 19.0 Å². The average Bonchev–Trinajstić information content (AvgIpc) is 3.00. The lowest BCUT2D eigenvalue weighted by molar-refractivity contribution is 0.308. The molecule has 0 aliphatic heterocycles. The van der Waals surface area contributed by atoms with E-state index >= 15 is 0 Å². The number of aryl methyl sites for hydroxylation is 1. The molecule has 0 saturated carbocycles. The summed E-state index contributed by atoms with van der Waals surface area (Å²) in [6.45, 7) is 5.86. The molecule has 0 spiro atoms. The number of benzene rings is 1. The Labute approximate surface area is 140 Å². The number of aromatic nitrogens is 4. The molecule has 0 saturated heterocycles. The number of nitrogens with one attached hydrogen (secondary N) is 1. The van der Waals surface area contributed by atoms with Gasteiger partial charge >= 0.3 is 0 Å². The Hall–Kier alpha value is -2.02. The van der Waals surface area contributed by atoms with Gasteiger partial charge in [-0.3, -0.25) is 0 Å². The molecule has 23 heavy (non-hydrogen) atoms. The first-order chi connectivity index (χ1) is 11.2. The molecule has 0 atom stereocenters. The number of hydrogen-bond donors (Lipinski definition) is 1. The van der Waals surface area contributed by atoms with Gasteiger partial charge in [0.2, 0.25) is 5.95 Å². The summed E-state index contributed by atoms with van der Waals surface area (Å²) < 4.78 is 12.8. The smallest absolute Gasteiger partial charge is 0.243 e. The molecule has 0 radical (unpaired) electrons. The van der Waals surface area contributed by atoms with Crippen LogP contribution in [0.25, 0.3) is 0 Å². The topological polar surface area (TPSA) is 74.1 Å². The van der Waals surface area contributed by atoms with Gasteiger partial charge in [0.25, 0.3) is 0 Å². The largest absolute Gasteiger partial charge is 0.493 e. The predicted molar refractivity (Wildman–Crippen MR) is 89.2 cm³/mol. The molecular weight excluding hydrogens is 318 g/mol. The third-order valence-corrected chi connectivity index (χ3v) is 3.52. The van der Waals surface area contributed by atoms with E-state index in [9.17, 15) is 0 Å². The van der Waals surface area contributed by atoms with Gasteiger partial charge in [-0.15, -0.1) is 0 Å². The van der Waals surface area contributed by atoms with Gasteiger partial charge in [-0.2, -0.15) is 0 Å². The normalized spacial score (nSPS) is 10.6. The second kappa shape index (κ2) is 8.57. The van der Waals surface area contributed by atoms with Crippen LogP contribution in [0.15, 0.2) is 12.1 Å². The number of halogens is 1. The van der Waals surface area contributed by atoms with Crippen molar-refractivity contribution in [2.24, 2.45) is 0 Å². The molecule has 126 valence electrons. The molecule has 7 nitrogen and oxygen atoms in total. The SMILES string of the molecule is CCCCn1nnnc1NCc1cc(Cl)cc(OC)c1OCC. The van der Waals surface area contributed by atoms with Crippen molar-refractivity contribution in [2.45, 2.75) is 39.8 Å². The standard InChI is InChI=1S/C15H22ClN5O2/c1-4-6-7-21-15(18-19-20-21)17-10-11-8-12(16)9-13(22-3)14(11)23-5-2/h8-9H,4-7,10H2,1-3H3,(H,17,18,20). The van der Waals surface area contributed by atoms with Crippen LogP contribution in [-0.2, 0) is 13.1 Å². The zero-order valence-electron chi connectivity index (χ0n) is 13.7. The Morgan fingerprint density at radius 3 is 2.83 bits per heavy atom. The zero-order valence-corrected chi connectivity index (χ0v) is 14.4. The number of ether oxygens (including phenoxy) is 2. The van der Waals surface area contributed by atoms with Crippen molar-refractivity contribution in [1.82, 2.24) is 20.2 Å². The van der Waals surface area contributed by atoms with E-state index in [1.807, 2.05) is 13.0 Å². The fourth-order valence-electron chi connectivity index (χ4n) is 2.18. The van der Waals surface area contributed by atoms with Crippen LogP contribution in [0.5, 0.6) is 11.5 Å². The summed E-state index contributed by atoms with van der Waals surface area (Å²) in [6, 6.07) is 3.59. The molecule has 0 aliphatic carbocycles. The fourth-order valence-corrected chi connectivity index (χ4v) is 2.41. The third kappa shape index (κ3) is 4.48. The highest BCUT2D eigenvalue weighted by molar-refractivity contribution is 6.30. The minimum absolute atomic E-state index is 0.485. The minimum atomic E-state index is 0.485. The second-order valence-corrected chi connectivity index (χ2v) is 5.40. The molecule has 0 unspecified atom stereocenters. The molecule has 8 heteroatoms. The Kier molecular flexibility index (Phi) is 6.46. The molecule has 0 aliphatic rings. The maximum atomic E-state index is 6.15. The van der Waals surface area contributed by atoms with Crippen LogP contribution < -0.4 is 14.8 Å². The van der Waals surface area contributed by atoms with Crippen LogP contribution in [-0.4, -0.2) is 33.9 Å². The molecule has 0 fully saturated rings. The van der Waals surface area contributed by atoms with Gasteiger partial charge < -0.3 is 14.8 Å². The van der Waals surface area contributed by atoms with Crippen LogP contribution >= 0.6 is 11.6 Å². The van der Waals surface area contributed by atoms with Crippen molar-refractivity contribution in [3.8, 4) is 11.5 Å². The first-order valence-electron chi connectivity index (χ1n) is 7.68. The monoisotopic (exact) mass is 339 g/mol. The zero-order chi connectivity index (χ0) is 16.7. The molecule has 2 aromatic rings. The average molecular weight is 340 g/mol.